The molecular weight excluding hydrogens is 495 g/mol. The van der Waals surface area contributed by atoms with Crippen molar-refractivity contribution >= 4 is 56.5 Å². The molecule has 2 aromatic carbocycles. The number of fused-ring (bicyclic) bond motifs is 1. The number of nitrogens with zero attached hydrogens (tertiary/aromatic N) is 3. The first kappa shape index (κ1) is 26.7. The number of carbonyl (C=O) groups excluding carboxylic acids is 1. The number of piperazine rings is 1. The van der Waals surface area contributed by atoms with Gasteiger partial charge in [0.25, 0.3) is 0 Å². The number of rotatable bonds is 5. The minimum atomic E-state index is -3.62. The van der Waals surface area contributed by atoms with Crippen molar-refractivity contribution in [1.29, 1.82) is 0 Å². The number of halogens is 2. The molecule has 4 rings (SSSR count). The highest BCUT2D eigenvalue weighted by atomic mass is 35.5. The molecule has 2 aliphatic rings. The SMILES string of the molecule is CCC(N)=NC1CCC(C(=O)N2CCN(S(=O)(=O)c3ccc4cc(Cl)ccc4c3)CC2)CC1.Cl. The van der Waals surface area contributed by atoms with Gasteiger partial charge in [-0.05, 0) is 60.7 Å². The van der Waals surface area contributed by atoms with Crippen LogP contribution in [-0.2, 0) is 14.8 Å². The van der Waals surface area contributed by atoms with Gasteiger partial charge in [-0.15, -0.1) is 12.4 Å². The van der Waals surface area contributed by atoms with E-state index in [9.17, 15) is 13.2 Å². The molecule has 0 aromatic heterocycles. The Morgan fingerprint density at radius 2 is 1.65 bits per heavy atom. The Kier molecular flexibility index (Phi) is 8.84. The van der Waals surface area contributed by atoms with Gasteiger partial charge in [0.15, 0.2) is 0 Å². The van der Waals surface area contributed by atoms with Crippen LogP contribution >= 0.6 is 24.0 Å². The van der Waals surface area contributed by atoms with Gasteiger partial charge in [0.1, 0.15) is 0 Å². The lowest BCUT2D eigenvalue weighted by atomic mass is 9.85. The molecule has 1 amide bonds. The van der Waals surface area contributed by atoms with E-state index in [0.29, 0.717) is 37.0 Å². The van der Waals surface area contributed by atoms with E-state index < -0.39 is 10.0 Å². The first-order valence-electron chi connectivity index (χ1n) is 11.6. The minimum Gasteiger partial charge on any atom is -0.387 e. The van der Waals surface area contributed by atoms with Crippen molar-refractivity contribution in [3.63, 3.8) is 0 Å². The molecule has 0 spiro atoms. The molecular formula is C24H32Cl2N4O3S. The number of hydrogen-bond acceptors (Lipinski definition) is 4. The molecule has 186 valence electrons. The summed E-state index contributed by atoms with van der Waals surface area (Å²) >= 11 is 6.03. The summed E-state index contributed by atoms with van der Waals surface area (Å²) in [6, 6.07) is 10.7. The van der Waals surface area contributed by atoms with Gasteiger partial charge in [-0.2, -0.15) is 4.31 Å². The normalized spacial score (nSPS) is 22.4. The summed E-state index contributed by atoms with van der Waals surface area (Å²) in [4.78, 5) is 19.7. The largest absolute Gasteiger partial charge is 0.387 e. The molecule has 1 aliphatic carbocycles. The molecule has 7 nitrogen and oxygen atoms in total. The quantitative estimate of drug-likeness (QED) is 0.468. The van der Waals surface area contributed by atoms with Crippen LogP contribution in [0.3, 0.4) is 0 Å². The van der Waals surface area contributed by atoms with Crippen molar-refractivity contribution < 1.29 is 13.2 Å². The summed E-state index contributed by atoms with van der Waals surface area (Å²) < 4.78 is 27.9. The number of benzene rings is 2. The summed E-state index contributed by atoms with van der Waals surface area (Å²) in [6.45, 7) is 3.44. The molecule has 34 heavy (non-hydrogen) atoms. The van der Waals surface area contributed by atoms with Gasteiger partial charge in [0.2, 0.25) is 15.9 Å². The number of amides is 1. The Balaban J connectivity index is 0.00000324. The molecule has 10 heteroatoms. The van der Waals surface area contributed by atoms with Crippen molar-refractivity contribution in [2.75, 3.05) is 26.2 Å². The lowest BCUT2D eigenvalue weighted by Crippen LogP contribution is -2.52. The second-order valence-corrected chi connectivity index (χ2v) is 11.2. The Bertz CT molecular complexity index is 1160. The van der Waals surface area contributed by atoms with Crippen LogP contribution in [-0.4, -0.2) is 61.6 Å². The van der Waals surface area contributed by atoms with Crippen molar-refractivity contribution in [3.8, 4) is 0 Å². The molecule has 0 atom stereocenters. The van der Waals surface area contributed by atoms with Crippen LogP contribution in [0.2, 0.25) is 5.02 Å². The molecule has 0 radical (unpaired) electrons. The zero-order valence-electron chi connectivity index (χ0n) is 19.3. The van der Waals surface area contributed by atoms with Gasteiger partial charge in [-0.25, -0.2) is 8.42 Å². The summed E-state index contributed by atoms with van der Waals surface area (Å²) in [5, 5.41) is 2.34. The molecule has 2 fully saturated rings. The van der Waals surface area contributed by atoms with Gasteiger partial charge in [-0.1, -0.05) is 30.7 Å². The van der Waals surface area contributed by atoms with E-state index in [1.807, 2.05) is 24.0 Å². The van der Waals surface area contributed by atoms with Gasteiger partial charge < -0.3 is 10.6 Å². The molecule has 0 unspecified atom stereocenters. The molecule has 1 aliphatic heterocycles. The summed E-state index contributed by atoms with van der Waals surface area (Å²) in [7, 11) is -3.62. The zero-order chi connectivity index (χ0) is 23.6. The van der Waals surface area contributed by atoms with Gasteiger partial charge >= 0.3 is 0 Å². The van der Waals surface area contributed by atoms with Crippen LogP contribution in [0.5, 0.6) is 0 Å². The predicted molar refractivity (Wildman–Crippen MR) is 139 cm³/mol. The second kappa shape index (κ2) is 11.2. The third-order valence-electron chi connectivity index (χ3n) is 6.72. The number of nitrogens with two attached hydrogens (primary N) is 1. The lowest BCUT2D eigenvalue weighted by Gasteiger charge is -2.37. The maximum atomic E-state index is 13.2. The number of carbonyl (C=O) groups is 1. The fourth-order valence-electron chi connectivity index (χ4n) is 4.69. The standard InChI is InChI=1S/C24H31ClN4O3S.ClH/c1-2-23(26)27-21-8-4-17(5-9-21)24(30)28-11-13-29(14-12-28)33(31,32)22-10-6-18-15-20(25)7-3-19(18)16-22;/h3,6-7,10,15-17,21H,2,4-5,8-9,11-14H2,1H3,(H2,26,27);1H. The van der Waals surface area contributed by atoms with Crippen molar-refractivity contribution in [3.05, 3.63) is 41.4 Å². The second-order valence-electron chi connectivity index (χ2n) is 8.86. The highest BCUT2D eigenvalue weighted by molar-refractivity contribution is 7.89. The van der Waals surface area contributed by atoms with E-state index in [4.69, 9.17) is 17.3 Å². The Hall–Kier alpha value is -1.87. The van der Waals surface area contributed by atoms with E-state index in [1.54, 1.807) is 24.3 Å². The number of sulfonamides is 1. The van der Waals surface area contributed by atoms with E-state index in [0.717, 1.165) is 42.9 Å². The molecule has 2 aromatic rings. The van der Waals surface area contributed by atoms with E-state index in [1.165, 1.54) is 4.31 Å². The monoisotopic (exact) mass is 526 g/mol. The van der Waals surface area contributed by atoms with Crippen LogP contribution in [0.15, 0.2) is 46.3 Å². The Labute approximate surface area is 212 Å². The topological polar surface area (TPSA) is 96.1 Å². The Morgan fingerprint density at radius 1 is 1.03 bits per heavy atom. The van der Waals surface area contributed by atoms with E-state index in [2.05, 4.69) is 4.99 Å². The maximum absolute atomic E-state index is 13.2. The zero-order valence-corrected chi connectivity index (χ0v) is 21.7. The van der Waals surface area contributed by atoms with Crippen molar-refractivity contribution in [1.82, 2.24) is 9.21 Å². The molecule has 1 saturated heterocycles. The maximum Gasteiger partial charge on any atom is 0.243 e. The fourth-order valence-corrected chi connectivity index (χ4v) is 6.33. The number of hydrogen-bond donors (Lipinski definition) is 1. The average molecular weight is 528 g/mol. The molecule has 2 N–H and O–H groups in total. The molecule has 1 heterocycles. The smallest absolute Gasteiger partial charge is 0.243 e. The molecule has 0 bridgehead atoms. The first-order chi connectivity index (χ1) is 15.8. The summed E-state index contributed by atoms with van der Waals surface area (Å²) in [5.41, 5.74) is 5.85. The minimum absolute atomic E-state index is 0. The van der Waals surface area contributed by atoms with Crippen LogP contribution < -0.4 is 5.73 Å². The van der Waals surface area contributed by atoms with E-state index in [-0.39, 0.29) is 35.2 Å². The number of aliphatic imine (C=N–C) groups is 1. The lowest BCUT2D eigenvalue weighted by molar-refractivity contribution is -0.137. The summed E-state index contributed by atoms with van der Waals surface area (Å²) in [6.07, 6.45) is 4.12. The predicted octanol–water partition coefficient (Wildman–Crippen LogP) is 4.07. The third kappa shape index (κ3) is 5.85. The van der Waals surface area contributed by atoms with Gasteiger partial charge in [-0.3, -0.25) is 9.79 Å². The highest BCUT2D eigenvalue weighted by Gasteiger charge is 2.34. The fraction of sp³-hybridized carbons (Fsp3) is 0.500. The van der Waals surface area contributed by atoms with E-state index >= 15 is 0 Å². The number of amidine groups is 1. The first-order valence-corrected chi connectivity index (χ1v) is 13.4. The van der Waals surface area contributed by atoms with Crippen LogP contribution in [0.4, 0.5) is 0 Å². The average Bonchev–Trinajstić information content (AvgIpc) is 2.83. The van der Waals surface area contributed by atoms with Crippen LogP contribution in [0.1, 0.15) is 39.0 Å². The molecule has 1 saturated carbocycles. The highest BCUT2D eigenvalue weighted by Crippen LogP contribution is 2.29. The van der Waals surface area contributed by atoms with Crippen LogP contribution in [0.25, 0.3) is 10.8 Å². The van der Waals surface area contributed by atoms with Gasteiger partial charge in [0.05, 0.1) is 16.8 Å². The van der Waals surface area contributed by atoms with Crippen LogP contribution in [0, 0.1) is 5.92 Å². The summed E-state index contributed by atoms with van der Waals surface area (Å²) in [5.74, 6) is 0.813. The Morgan fingerprint density at radius 3 is 2.29 bits per heavy atom. The van der Waals surface area contributed by atoms with Crippen molar-refractivity contribution in [2.24, 2.45) is 16.6 Å². The van der Waals surface area contributed by atoms with Crippen molar-refractivity contribution in [2.45, 2.75) is 50.0 Å². The van der Waals surface area contributed by atoms with Gasteiger partial charge in [0, 0.05) is 43.5 Å². The third-order valence-corrected chi connectivity index (χ3v) is 8.85.